The molecule has 27 heavy (non-hydrogen) atoms. The number of para-hydroxylation sites is 1. The molecule has 0 spiro atoms. The van der Waals surface area contributed by atoms with Crippen molar-refractivity contribution >= 4 is 22.4 Å². The lowest BCUT2D eigenvalue weighted by Crippen LogP contribution is -2.48. The topological polar surface area (TPSA) is 76.5 Å². The van der Waals surface area contributed by atoms with Crippen LogP contribution in [0.4, 0.5) is 0 Å². The number of methoxy groups -OCH3 is 1. The van der Waals surface area contributed by atoms with Gasteiger partial charge in [-0.25, -0.2) is 8.42 Å². The zero-order valence-corrected chi connectivity index (χ0v) is 17.7. The third kappa shape index (κ3) is 3.85. The minimum atomic E-state index is -3.68. The van der Waals surface area contributed by atoms with Crippen LogP contribution in [0, 0.1) is 13.8 Å². The van der Waals surface area contributed by atoms with Gasteiger partial charge in [-0.2, -0.15) is 9.40 Å². The first-order valence-corrected chi connectivity index (χ1v) is 10.2. The molecule has 0 radical (unpaired) electrons. The summed E-state index contributed by atoms with van der Waals surface area (Å²) in [6.07, 6.45) is 0. The molecule has 7 nitrogen and oxygen atoms in total. The first-order valence-electron chi connectivity index (χ1n) is 8.81. The van der Waals surface area contributed by atoms with Crippen LogP contribution in [0.2, 0.25) is 0 Å². The van der Waals surface area contributed by atoms with E-state index in [0.717, 1.165) is 5.56 Å². The van der Waals surface area contributed by atoms with Gasteiger partial charge in [-0.05, 0) is 26.8 Å². The minimum absolute atomic E-state index is 0. The number of aromatic nitrogens is 2. The number of nitrogens with one attached hydrogen (secondary N) is 1. The van der Waals surface area contributed by atoms with Gasteiger partial charge in [0.25, 0.3) is 0 Å². The highest BCUT2D eigenvalue weighted by Gasteiger charge is 2.38. The zero-order valence-electron chi connectivity index (χ0n) is 16.1. The number of nitrogens with zero attached hydrogens (tertiary/aromatic N) is 3. The number of aryl methyl sites for hydroxylation is 2. The fraction of sp³-hybridized carbons (Fsp3) is 0.500. The first kappa shape index (κ1) is 21.7. The number of ether oxygens (including phenoxy) is 1. The molecule has 1 fully saturated rings. The molecule has 3 rings (SSSR count). The quantitative estimate of drug-likeness (QED) is 0.812. The maximum atomic E-state index is 13.5. The number of hydrogen-bond donors (Lipinski definition) is 1. The third-order valence-corrected chi connectivity index (χ3v) is 7.03. The second-order valence-corrected chi connectivity index (χ2v) is 8.22. The molecule has 9 heteroatoms. The summed E-state index contributed by atoms with van der Waals surface area (Å²) in [4.78, 5) is 0.321. The normalized spacial score (nSPS) is 18.1. The van der Waals surface area contributed by atoms with E-state index in [9.17, 15) is 8.42 Å². The van der Waals surface area contributed by atoms with Crippen molar-refractivity contribution in [1.29, 1.82) is 0 Å². The molecule has 2 aromatic rings. The Balaban J connectivity index is 0.00000261. The highest BCUT2D eigenvalue weighted by Crippen LogP contribution is 2.35. The SMILES string of the molecule is CCn1nc(C)c(S(=O)(=O)N2CCNCC2c2ccccc2OC)c1C.Cl. The predicted octanol–water partition coefficient (Wildman–Crippen LogP) is 2.29. The summed E-state index contributed by atoms with van der Waals surface area (Å²) in [6, 6.07) is 7.25. The molecule has 1 aromatic heterocycles. The largest absolute Gasteiger partial charge is 0.496 e. The molecule has 0 aliphatic carbocycles. The molecular formula is C18H27ClN4O3S. The molecule has 2 heterocycles. The highest BCUT2D eigenvalue weighted by atomic mass is 35.5. The van der Waals surface area contributed by atoms with Crippen LogP contribution in [0.1, 0.15) is 29.9 Å². The monoisotopic (exact) mass is 414 g/mol. The van der Waals surface area contributed by atoms with Crippen molar-refractivity contribution in [2.75, 3.05) is 26.7 Å². The highest BCUT2D eigenvalue weighted by molar-refractivity contribution is 7.89. The van der Waals surface area contributed by atoms with Gasteiger partial charge in [-0.3, -0.25) is 4.68 Å². The van der Waals surface area contributed by atoms with Crippen LogP contribution < -0.4 is 10.1 Å². The Morgan fingerprint density at radius 1 is 1.30 bits per heavy atom. The van der Waals surface area contributed by atoms with E-state index in [0.29, 0.717) is 48.2 Å². The maximum Gasteiger partial charge on any atom is 0.247 e. The molecule has 1 unspecified atom stereocenters. The minimum Gasteiger partial charge on any atom is -0.496 e. The van der Waals surface area contributed by atoms with E-state index in [1.54, 1.807) is 23.0 Å². The lowest BCUT2D eigenvalue weighted by Gasteiger charge is -2.36. The number of hydrogen-bond acceptors (Lipinski definition) is 5. The van der Waals surface area contributed by atoms with Crippen molar-refractivity contribution < 1.29 is 13.2 Å². The van der Waals surface area contributed by atoms with E-state index < -0.39 is 10.0 Å². The summed E-state index contributed by atoms with van der Waals surface area (Å²) in [5.41, 5.74) is 2.09. The Hall–Kier alpha value is -1.61. The van der Waals surface area contributed by atoms with Crippen molar-refractivity contribution in [1.82, 2.24) is 19.4 Å². The number of halogens is 1. The smallest absolute Gasteiger partial charge is 0.247 e. The van der Waals surface area contributed by atoms with Crippen molar-refractivity contribution in [2.45, 2.75) is 38.3 Å². The Morgan fingerprint density at radius 2 is 2.00 bits per heavy atom. The molecule has 0 saturated carbocycles. The fourth-order valence-corrected chi connectivity index (χ4v) is 5.64. The van der Waals surface area contributed by atoms with Crippen LogP contribution in [-0.4, -0.2) is 49.2 Å². The van der Waals surface area contributed by atoms with Gasteiger partial charge in [0, 0.05) is 31.7 Å². The summed E-state index contributed by atoms with van der Waals surface area (Å²) < 4.78 is 35.9. The van der Waals surface area contributed by atoms with Crippen molar-refractivity contribution in [3.63, 3.8) is 0 Å². The van der Waals surface area contributed by atoms with Gasteiger partial charge in [-0.15, -0.1) is 12.4 Å². The second kappa shape index (κ2) is 8.60. The summed E-state index contributed by atoms with van der Waals surface area (Å²) in [5.74, 6) is 0.694. The Kier molecular flexibility index (Phi) is 6.91. The molecule has 0 bridgehead atoms. The second-order valence-electron chi connectivity index (χ2n) is 6.39. The average molecular weight is 415 g/mol. The van der Waals surface area contributed by atoms with E-state index in [1.165, 1.54) is 0 Å². The standard InChI is InChI=1S/C18H26N4O3S.ClH/c1-5-21-14(3)18(13(2)20-21)26(23,24)22-11-10-19-12-16(22)15-8-6-7-9-17(15)25-4;/h6-9,16,19H,5,10-12H2,1-4H3;1H. The Labute approximate surface area is 167 Å². The van der Waals surface area contributed by atoms with Crippen LogP contribution in [0.5, 0.6) is 5.75 Å². The van der Waals surface area contributed by atoms with Crippen molar-refractivity contribution in [3.8, 4) is 5.75 Å². The van der Waals surface area contributed by atoms with Gasteiger partial charge >= 0.3 is 0 Å². The lowest BCUT2D eigenvalue weighted by molar-refractivity contribution is 0.264. The van der Waals surface area contributed by atoms with E-state index in [4.69, 9.17) is 4.74 Å². The van der Waals surface area contributed by atoms with E-state index in [1.807, 2.05) is 38.1 Å². The predicted molar refractivity (Wildman–Crippen MR) is 107 cm³/mol. The summed E-state index contributed by atoms with van der Waals surface area (Å²) >= 11 is 0. The summed E-state index contributed by atoms with van der Waals surface area (Å²) in [5, 5.41) is 7.69. The van der Waals surface area contributed by atoms with Crippen LogP contribution in [0.25, 0.3) is 0 Å². The van der Waals surface area contributed by atoms with Crippen molar-refractivity contribution in [3.05, 3.63) is 41.2 Å². The van der Waals surface area contributed by atoms with Gasteiger partial charge in [0.2, 0.25) is 10.0 Å². The number of rotatable bonds is 5. The number of sulfonamides is 1. The lowest BCUT2D eigenvalue weighted by atomic mass is 10.0. The molecule has 1 saturated heterocycles. The summed E-state index contributed by atoms with van der Waals surface area (Å²) in [6.45, 7) is 7.73. The fourth-order valence-electron chi connectivity index (χ4n) is 3.66. The van der Waals surface area contributed by atoms with Crippen LogP contribution >= 0.6 is 12.4 Å². The number of piperazine rings is 1. The summed E-state index contributed by atoms with van der Waals surface area (Å²) in [7, 11) is -2.08. The van der Waals surface area contributed by atoms with Gasteiger partial charge in [0.1, 0.15) is 10.6 Å². The molecule has 0 amide bonds. The molecule has 1 aliphatic heterocycles. The van der Waals surface area contributed by atoms with Crippen LogP contribution in [0.15, 0.2) is 29.2 Å². The Bertz CT molecular complexity index is 898. The van der Waals surface area contributed by atoms with Gasteiger partial charge in [0.15, 0.2) is 0 Å². The molecule has 1 aliphatic rings. The number of benzene rings is 1. The van der Waals surface area contributed by atoms with Gasteiger partial charge in [-0.1, -0.05) is 18.2 Å². The van der Waals surface area contributed by atoms with E-state index in [2.05, 4.69) is 10.4 Å². The average Bonchev–Trinajstić information content (AvgIpc) is 2.95. The molecule has 1 aromatic carbocycles. The van der Waals surface area contributed by atoms with Gasteiger partial charge < -0.3 is 10.1 Å². The molecule has 1 N–H and O–H groups in total. The van der Waals surface area contributed by atoms with E-state index in [-0.39, 0.29) is 18.4 Å². The van der Waals surface area contributed by atoms with Gasteiger partial charge in [0.05, 0.1) is 24.5 Å². The van der Waals surface area contributed by atoms with E-state index >= 15 is 0 Å². The first-order chi connectivity index (χ1) is 12.4. The van der Waals surface area contributed by atoms with Crippen LogP contribution in [-0.2, 0) is 16.6 Å². The van der Waals surface area contributed by atoms with Crippen LogP contribution in [0.3, 0.4) is 0 Å². The Morgan fingerprint density at radius 3 is 2.63 bits per heavy atom. The van der Waals surface area contributed by atoms with Crippen molar-refractivity contribution in [2.24, 2.45) is 0 Å². The molecule has 1 atom stereocenters. The third-order valence-electron chi connectivity index (χ3n) is 4.87. The zero-order chi connectivity index (χ0) is 18.9. The maximum absolute atomic E-state index is 13.5. The molecule has 150 valence electrons. The molecular weight excluding hydrogens is 388 g/mol.